The summed E-state index contributed by atoms with van der Waals surface area (Å²) in [4.78, 5) is 43.0. The number of hydrogen-bond donors (Lipinski definition) is 2. The largest absolute Gasteiger partial charge is 0.469 e. The lowest BCUT2D eigenvalue weighted by Crippen LogP contribution is -2.29. The van der Waals surface area contributed by atoms with E-state index < -0.39 is 32.5 Å². The van der Waals surface area contributed by atoms with Crippen molar-refractivity contribution in [3.8, 4) is 0 Å². The number of phosphoric ester groups is 1. The van der Waals surface area contributed by atoms with Crippen LogP contribution in [0.3, 0.4) is 0 Å². The molecule has 0 aliphatic rings. The van der Waals surface area contributed by atoms with Gasteiger partial charge in [0.15, 0.2) is 6.10 Å². The number of rotatable bonds is 42. The summed E-state index contributed by atoms with van der Waals surface area (Å²) in [5.74, 6) is -0.924. The number of carbonyl (C=O) groups excluding carboxylic acids is 2. The lowest BCUT2D eigenvalue weighted by molar-refractivity contribution is -0.161. The van der Waals surface area contributed by atoms with Crippen LogP contribution in [0.2, 0.25) is 0 Å². The van der Waals surface area contributed by atoms with E-state index in [1.165, 1.54) is 103 Å². The molecule has 58 heavy (non-hydrogen) atoms. The number of hydrogen-bond acceptors (Lipinski definition) is 6. The Hall–Kier alpha value is -2.51. The molecule has 0 saturated heterocycles. The first kappa shape index (κ1) is 55.5. The lowest BCUT2D eigenvalue weighted by Gasteiger charge is -2.18. The van der Waals surface area contributed by atoms with E-state index in [4.69, 9.17) is 19.3 Å². The van der Waals surface area contributed by atoms with E-state index in [0.717, 1.165) is 70.6 Å². The Morgan fingerprint density at radius 3 is 1.28 bits per heavy atom. The summed E-state index contributed by atoms with van der Waals surface area (Å²) in [5, 5.41) is 0. The molecule has 0 rings (SSSR count). The zero-order valence-corrected chi connectivity index (χ0v) is 37.8. The molecule has 0 heterocycles. The third kappa shape index (κ3) is 46.2. The molecular weight excluding hydrogens is 748 g/mol. The van der Waals surface area contributed by atoms with Gasteiger partial charge in [-0.1, -0.05) is 183 Å². The Labute approximate surface area is 355 Å². The molecular formula is C49H85O8P. The van der Waals surface area contributed by atoms with Crippen LogP contribution in [0.15, 0.2) is 72.9 Å². The van der Waals surface area contributed by atoms with Crippen LogP contribution < -0.4 is 0 Å². The van der Waals surface area contributed by atoms with Crippen molar-refractivity contribution in [1.82, 2.24) is 0 Å². The molecule has 0 unspecified atom stereocenters. The van der Waals surface area contributed by atoms with Crippen molar-refractivity contribution in [2.75, 3.05) is 13.2 Å². The molecule has 2 N–H and O–H groups in total. The van der Waals surface area contributed by atoms with Gasteiger partial charge in [0.2, 0.25) is 0 Å². The molecule has 334 valence electrons. The van der Waals surface area contributed by atoms with Gasteiger partial charge in [-0.3, -0.25) is 14.1 Å². The van der Waals surface area contributed by atoms with Crippen molar-refractivity contribution in [1.29, 1.82) is 0 Å². The molecule has 0 saturated carbocycles. The summed E-state index contributed by atoms with van der Waals surface area (Å²) in [6.07, 6.45) is 57.7. The fourth-order valence-electron chi connectivity index (χ4n) is 6.28. The number of ether oxygens (including phenoxy) is 2. The fraction of sp³-hybridized carbons (Fsp3) is 0.714. The Morgan fingerprint density at radius 2 is 0.828 bits per heavy atom. The third-order valence-corrected chi connectivity index (χ3v) is 10.2. The van der Waals surface area contributed by atoms with Gasteiger partial charge in [-0.05, 0) is 83.5 Å². The van der Waals surface area contributed by atoms with Crippen molar-refractivity contribution < 1.29 is 37.9 Å². The number of esters is 2. The summed E-state index contributed by atoms with van der Waals surface area (Å²) in [5.41, 5.74) is 0. The highest BCUT2D eigenvalue weighted by Crippen LogP contribution is 2.36. The molecule has 0 amide bonds. The van der Waals surface area contributed by atoms with Crippen molar-refractivity contribution in [2.45, 2.75) is 213 Å². The second kappa shape index (κ2) is 44.1. The van der Waals surface area contributed by atoms with Crippen molar-refractivity contribution in [2.24, 2.45) is 0 Å². The monoisotopic (exact) mass is 833 g/mol. The van der Waals surface area contributed by atoms with Gasteiger partial charge in [-0.25, -0.2) is 4.57 Å². The second-order valence-electron chi connectivity index (χ2n) is 15.3. The maximum absolute atomic E-state index is 12.4. The van der Waals surface area contributed by atoms with Gasteiger partial charge in [0.1, 0.15) is 6.61 Å². The summed E-state index contributed by atoms with van der Waals surface area (Å²) >= 11 is 0. The van der Waals surface area contributed by atoms with Crippen LogP contribution in [-0.4, -0.2) is 41.0 Å². The minimum atomic E-state index is -4.77. The highest BCUT2D eigenvalue weighted by molar-refractivity contribution is 7.46. The fourth-order valence-corrected chi connectivity index (χ4v) is 6.64. The second-order valence-corrected chi connectivity index (χ2v) is 16.6. The first-order valence-electron chi connectivity index (χ1n) is 23.2. The first-order chi connectivity index (χ1) is 28.3. The minimum absolute atomic E-state index is 0.170. The van der Waals surface area contributed by atoms with E-state index in [-0.39, 0.29) is 19.4 Å². The van der Waals surface area contributed by atoms with Gasteiger partial charge in [0.05, 0.1) is 6.61 Å². The molecule has 0 radical (unpaired) electrons. The van der Waals surface area contributed by atoms with Gasteiger partial charge < -0.3 is 19.3 Å². The Kier molecular flexibility index (Phi) is 42.1. The molecule has 8 nitrogen and oxygen atoms in total. The van der Waals surface area contributed by atoms with Gasteiger partial charge >= 0.3 is 19.8 Å². The molecule has 0 fully saturated rings. The minimum Gasteiger partial charge on any atom is -0.462 e. The summed E-state index contributed by atoms with van der Waals surface area (Å²) in [6.45, 7) is 3.55. The van der Waals surface area contributed by atoms with Gasteiger partial charge in [-0.2, -0.15) is 0 Å². The molecule has 1 atom stereocenters. The van der Waals surface area contributed by atoms with Crippen molar-refractivity contribution >= 4 is 19.8 Å². The zero-order valence-electron chi connectivity index (χ0n) is 36.9. The number of unbranched alkanes of at least 4 members (excludes halogenated alkanes) is 20. The Balaban J connectivity index is 3.93. The SMILES string of the molecule is CC/C=C/C/C=C/C/C=C/C/C=C/C/C=C/CCCCCC(=O)O[C@H](COC(=O)CCCCCCCCCCCCC/C=C/CCCCCCCC)COP(=O)(O)O. The summed E-state index contributed by atoms with van der Waals surface area (Å²) < 4.78 is 26.4. The van der Waals surface area contributed by atoms with E-state index in [1.54, 1.807) is 0 Å². The maximum Gasteiger partial charge on any atom is 0.469 e. The molecule has 0 bridgehead atoms. The Bertz CT molecular complexity index is 1170. The zero-order chi connectivity index (χ0) is 42.5. The molecule has 9 heteroatoms. The van der Waals surface area contributed by atoms with E-state index in [9.17, 15) is 14.2 Å². The topological polar surface area (TPSA) is 119 Å². The van der Waals surface area contributed by atoms with Gasteiger partial charge in [-0.15, -0.1) is 0 Å². The van der Waals surface area contributed by atoms with Crippen LogP contribution >= 0.6 is 7.82 Å². The molecule has 0 spiro atoms. The molecule has 0 aromatic carbocycles. The van der Waals surface area contributed by atoms with Crippen LogP contribution in [0, 0.1) is 0 Å². The lowest BCUT2D eigenvalue weighted by atomic mass is 10.0. The highest BCUT2D eigenvalue weighted by Gasteiger charge is 2.22. The normalized spacial score (nSPS) is 13.1. The average molecular weight is 833 g/mol. The van der Waals surface area contributed by atoms with Crippen molar-refractivity contribution in [3.05, 3.63) is 72.9 Å². The molecule has 0 aliphatic heterocycles. The molecule has 0 aromatic rings. The maximum atomic E-state index is 12.4. The van der Waals surface area contributed by atoms with Gasteiger partial charge in [0, 0.05) is 12.8 Å². The smallest absolute Gasteiger partial charge is 0.462 e. The van der Waals surface area contributed by atoms with E-state index in [2.05, 4.69) is 91.3 Å². The highest BCUT2D eigenvalue weighted by atomic mass is 31.2. The van der Waals surface area contributed by atoms with E-state index in [0.29, 0.717) is 6.42 Å². The van der Waals surface area contributed by atoms with Crippen LogP contribution in [0.5, 0.6) is 0 Å². The predicted octanol–water partition coefficient (Wildman–Crippen LogP) is 14.6. The van der Waals surface area contributed by atoms with Gasteiger partial charge in [0.25, 0.3) is 0 Å². The quantitative estimate of drug-likeness (QED) is 0.0270. The van der Waals surface area contributed by atoms with Crippen LogP contribution in [0.1, 0.15) is 206 Å². The summed E-state index contributed by atoms with van der Waals surface area (Å²) in [6, 6.07) is 0. The van der Waals surface area contributed by atoms with Crippen LogP contribution in [0.4, 0.5) is 0 Å². The number of allylic oxidation sites excluding steroid dienone is 12. The summed E-state index contributed by atoms with van der Waals surface area (Å²) in [7, 11) is -4.77. The van der Waals surface area contributed by atoms with E-state index in [1.807, 2.05) is 0 Å². The standard InChI is InChI=1S/C49H85O8P/c1-3-5-7-9-11-13-15-17-19-21-23-24-26-27-29-31-33-35-37-39-41-43-48(50)55-45-47(46-56-58(52,53)54)57-49(51)44-42-40-38-36-34-32-30-28-25-22-20-18-16-14-12-10-8-6-4-2/h6,8,12,14,17-20,25,28,32,34,47H,3-5,7,9-11,13,15-16,21-24,26-27,29-31,33,35-46H2,1-2H3,(H2,52,53,54)/b8-6+,14-12+,19-17+,20-18+,28-25+,34-32+/t47-/m1/s1. The van der Waals surface area contributed by atoms with Crippen LogP contribution in [0.25, 0.3) is 0 Å². The average Bonchev–Trinajstić information content (AvgIpc) is 3.20. The van der Waals surface area contributed by atoms with Crippen molar-refractivity contribution in [3.63, 3.8) is 0 Å². The number of phosphoric acid groups is 1. The molecule has 0 aromatic heterocycles. The Morgan fingerprint density at radius 1 is 0.466 bits per heavy atom. The molecule has 0 aliphatic carbocycles. The number of carbonyl (C=O) groups is 2. The third-order valence-electron chi connectivity index (χ3n) is 9.71. The van der Waals surface area contributed by atoms with Crippen LogP contribution in [-0.2, 0) is 28.2 Å². The van der Waals surface area contributed by atoms with E-state index >= 15 is 0 Å². The first-order valence-corrected chi connectivity index (χ1v) is 24.8. The predicted molar refractivity (Wildman–Crippen MR) is 244 cm³/mol.